The highest BCUT2D eigenvalue weighted by Crippen LogP contribution is 2.26. The molecule has 13 heavy (non-hydrogen) atoms. The summed E-state index contributed by atoms with van der Waals surface area (Å²) < 4.78 is 26.3. The van der Waals surface area contributed by atoms with Crippen LogP contribution < -0.4 is 0 Å². The van der Waals surface area contributed by atoms with Crippen LogP contribution in [0.5, 0.6) is 0 Å². The predicted octanol–water partition coefficient (Wildman–Crippen LogP) is 1.19. The molecule has 0 amide bonds. The molecular formula is C6H11N3O3S. The van der Waals surface area contributed by atoms with Gasteiger partial charge in [0.05, 0.1) is 18.4 Å². The van der Waals surface area contributed by atoms with E-state index in [-0.39, 0.29) is 6.04 Å². The van der Waals surface area contributed by atoms with Crippen molar-refractivity contribution in [1.29, 1.82) is 0 Å². The smallest absolute Gasteiger partial charge is 0.264 e. The summed E-state index contributed by atoms with van der Waals surface area (Å²) in [5.41, 5.74) is 8.20. The van der Waals surface area contributed by atoms with Gasteiger partial charge in [0.1, 0.15) is 0 Å². The first-order valence-electron chi connectivity index (χ1n) is 3.95. The Morgan fingerprint density at radius 3 is 2.77 bits per heavy atom. The average molecular weight is 205 g/mol. The van der Waals surface area contributed by atoms with Gasteiger partial charge < -0.3 is 0 Å². The predicted molar refractivity (Wildman–Crippen MR) is 46.5 cm³/mol. The molecule has 1 fully saturated rings. The van der Waals surface area contributed by atoms with Crippen LogP contribution in [0.15, 0.2) is 5.11 Å². The van der Waals surface area contributed by atoms with E-state index in [2.05, 4.69) is 10.0 Å². The summed E-state index contributed by atoms with van der Waals surface area (Å²) >= 11 is 0. The standard InChI is InChI=1S/C6H11N3O3S/c1-13(10,11)12-6-4-2-3-5(6)8-9-7/h5-6H,2-4H2,1H3. The molecule has 0 heterocycles. The molecule has 0 aliphatic heterocycles. The Kier molecular flexibility index (Phi) is 3.13. The van der Waals surface area contributed by atoms with Crippen LogP contribution in [0, 0.1) is 0 Å². The lowest BCUT2D eigenvalue weighted by Crippen LogP contribution is -2.23. The van der Waals surface area contributed by atoms with Crippen LogP contribution in [0.3, 0.4) is 0 Å². The number of rotatable bonds is 3. The third-order valence-electron chi connectivity index (χ3n) is 1.92. The second kappa shape index (κ2) is 3.95. The van der Waals surface area contributed by atoms with E-state index in [9.17, 15) is 8.42 Å². The van der Waals surface area contributed by atoms with Crippen molar-refractivity contribution in [2.75, 3.05) is 6.26 Å². The molecule has 0 saturated heterocycles. The first-order valence-corrected chi connectivity index (χ1v) is 5.77. The topological polar surface area (TPSA) is 92.1 Å². The van der Waals surface area contributed by atoms with Crippen molar-refractivity contribution in [3.05, 3.63) is 10.4 Å². The lowest BCUT2D eigenvalue weighted by Gasteiger charge is -2.13. The summed E-state index contributed by atoms with van der Waals surface area (Å²) in [6.45, 7) is 0. The van der Waals surface area contributed by atoms with Crippen LogP contribution in [0.25, 0.3) is 10.4 Å². The fourth-order valence-electron chi connectivity index (χ4n) is 1.44. The zero-order chi connectivity index (χ0) is 9.90. The van der Waals surface area contributed by atoms with Gasteiger partial charge in [0.2, 0.25) is 0 Å². The molecule has 0 aromatic rings. The number of hydrogen-bond acceptors (Lipinski definition) is 4. The van der Waals surface area contributed by atoms with Crippen LogP contribution in [0.2, 0.25) is 0 Å². The monoisotopic (exact) mass is 205 g/mol. The lowest BCUT2D eigenvalue weighted by molar-refractivity contribution is 0.201. The summed E-state index contributed by atoms with van der Waals surface area (Å²) in [5, 5.41) is 3.48. The summed E-state index contributed by atoms with van der Waals surface area (Å²) in [7, 11) is -3.44. The van der Waals surface area contributed by atoms with Crippen LogP contribution >= 0.6 is 0 Å². The highest BCUT2D eigenvalue weighted by atomic mass is 32.2. The molecule has 1 saturated carbocycles. The van der Waals surface area contributed by atoms with Gasteiger partial charge in [-0.1, -0.05) is 11.5 Å². The van der Waals surface area contributed by atoms with Gasteiger partial charge in [0.15, 0.2) is 0 Å². The van der Waals surface area contributed by atoms with Gasteiger partial charge in [0.25, 0.3) is 10.1 Å². The maximum Gasteiger partial charge on any atom is 0.264 e. The van der Waals surface area contributed by atoms with Crippen molar-refractivity contribution >= 4 is 10.1 Å². The zero-order valence-corrected chi connectivity index (χ0v) is 8.07. The van der Waals surface area contributed by atoms with Gasteiger partial charge >= 0.3 is 0 Å². The molecule has 2 unspecified atom stereocenters. The first kappa shape index (κ1) is 10.3. The van der Waals surface area contributed by atoms with E-state index < -0.39 is 16.2 Å². The Hall–Kier alpha value is -0.780. The van der Waals surface area contributed by atoms with E-state index in [1.165, 1.54) is 0 Å². The fraction of sp³-hybridized carbons (Fsp3) is 1.00. The minimum Gasteiger partial charge on any atom is -0.267 e. The molecule has 1 rings (SSSR count). The van der Waals surface area contributed by atoms with Gasteiger partial charge in [0, 0.05) is 4.91 Å². The van der Waals surface area contributed by atoms with E-state index in [1.54, 1.807) is 0 Å². The summed E-state index contributed by atoms with van der Waals surface area (Å²) in [6, 6.07) is -0.334. The minimum absolute atomic E-state index is 0.334. The van der Waals surface area contributed by atoms with E-state index >= 15 is 0 Å². The van der Waals surface area contributed by atoms with Crippen molar-refractivity contribution in [2.45, 2.75) is 31.4 Å². The average Bonchev–Trinajstić information content (AvgIpc) is 2.34. The van der Waals surface area contributed by atoms with Crippen molar-refractivity contribution in [3.63, 3.8) is 0 Å². The largest absolute Gasteiger partial charge is 0.267 e. The van der Waals surface area contributed by atoms with Crippen molar-refractivity contribution in [2.24, 2.45) is 5.11 Å². The molecule has 1 aliphatic rings. The molecule has 0 spiro atoms. The highest BCUT2D eigenvalue weighted by molar-refractivity contribution is 7.86. The summed E-state index contributed by atoms with van der Waals surface area (Å²) in [5.74, 6) is 0. The molecule has 6 nitrogen and oxygen atoms in total. The molecule has 0 aromatic carbocycles. The summed E-state index contributed by atoms with van der Waals surface area (Å²) in [6.07, 6.45) is 2.70. The molecule has 74 valence electrons. The Labute approximate surface area is 76.6 Å². The van der Waals surface area contributed by atoms with Crippen molar-refractivity contribution in [1.82, 2.24) is 0 Å². The molecule has 2 atom stereocenters. The quantitative estimate of drug-likeness (QED) is 0.300. The summed E-state index contributed by atoms with van der Waals surface area (Å²) in [4.78, 5) is 2.65. The molecule has 0 radical (unpaired) electrons. The van der Waals surface area contributed by atoms with Gasteiger partial charge in [-0.2, -0.15) is 8.42 Å². The fourth-order valence-corrected chi connectivity index (χ4v) is 2.12. The first-order chi connectivity index (χ1) is 6.03. The Bertz CT molecular complexity index is 320. The normalized spacial score (nSPS) is 28.4. The van der Waals surface area contributed by atoms with Crippen molar-refractivity contribution < 1.29 is 12.6 Å². The van der Waals surface area contributed by atoms with E-state index in [4.69, 9.17) is 9.71 Å². The Morgan fingerprint density at radius 1 is 1.54 bits per heavy atom. The Morgan fingerprint density at radius 2 is 2.23 bits per heavy atom. The molecule has 0 aromatic heterocycles. The maximum atomic E-state index is 10.8. The van der Waals surface area contributed by atoms with Gasteiger partial charge in [-0.05, 0) is 18.4 Å². The second-order valence-electron chi connectivity index (χ2n) is 3.04. The zero-order valence-electron chi connectivity index (χ0n) is 7.25. The third kappa shape index (κ3) is 3.22. The van der Waals surface area contributed by atoms with E-state index in [1.807, 2.05) is 0 Å². The molecular weight excluding hydrogens is 194 g/mol. The van der Waals surface area contributed by atoms with Gasteiger partial charge in [-0.15, -0.1) is 0 Å². The molecule has 1 aliphatic carbocycles. The molecule has 0 N–H and O–H groups in total. The highest BCUT2D eigenvalue weighted by Gasteiger charge is 2.29. The van der Waals surface area contributed by atoms with Crippen LogP contribution in [0.4, 0.5) is 0 Å². The van der Waals surface area contributed by atoms with E-state index in [0.717, 1.165) is 12.7 Å². The number of nitrogens with zero attached hydrogens (tertiary/aromatic N) is 3. The van der Waals surface area contributed by atoms with Crippen molar-refractivity contribution in [3.8, 4) is 0 Å². The van der Waals surface area contributed by atoms with E-state index in [0.29, 0.717) is 12.8 Å². The molecule has 0 bridgehead atoms. The van der Waals surface area contributed by atoms with Crippen LogP contribution in [-0.4, -0.2) is 26.8 Å². The Balaban J connectivity index is 2.64. The second-order valence-corrected chi connectivity index (χ2v) is 4.64. The maximum absolute atomic E-state index is 10.8. The van der Waals surface area contributed by atoms with Gasteiger partial charge in [-0.3, -0.25) is 4.18 Å². The molecule has 7 heteroatoms. The number of hydrogen-bond donors (Lipinski definition) is 0. The minimum atomic E-state index is -3.44. The van der Waals surface area contributed by atoms with Crippen LogP contribution in [-0.2, 0) is 14.3 Å². The van der Waals surface area contributed by atoms with Gasteiger partial charge in [-0.25, -0.2) is 0 Å². The van der Waals surface area contributed by atoms with Crippen LogP contribution in [0.1, 0.15) is 19.3 Å². The lowest BCUT2D eigenvalue weighted by atomic mass is 10.2. The number of azide groups is 1. The third-order valence-corrected chi connectivity index (χ3v) is 2.51. The SMILES string of the molecule is CS(=O)(=O)OC1CCCC1N=[N+]=[N-].